The second kappa shape index (κ2) is 7.58. The summed E-state index contributed by atoms with van der Waals surface area (Å²) in [6.07, 6.45) is -0.919. The number of H-pyrrole nitrogens is 1. The highest BCUT2D eigenvalue weighted by atomic mass is 19.4. The predicted molar refractivity (Wildman–Crippen MR) is 91.4 cm³/mol. The van der Waals surface area contributed by atoms with Crippen molar-refractivity contribution < 1.29 is 22.7 Å². The number of aryl methyl sites for hydroxylation is 2. The van der Waals surface area contributed by atoms with Crippen LogP contribution in [0.4, 0.5) is 13.2 Å². The van der Waals surface area contributed by atoms with E-state index in [1.165, 1.54) is 6.07 Å². The Balaban J connectivity index is 1.50. The Hall–Kier alpha value is -2.58. The number of carbonyl (C=O) groups is 1. The number of hydrogen-bond donors (Lipinski definition) is 2. The number of halogens is 3. The minimum atomic E-state index is -4.41. The molecule has 146 valence electrons. The van der Waals surface area contributed by atoms with E-state index in [9.17, 15) is 18.0 Å². The average molecular weight is 382 g/mol. The van der Waals surface area contributed by atoms with E-state index in [4.69, 9.17) is 4.74 Å². The zero-order valence-electron chi connectivity index (χ0n) is 15.1. The minimum absolute atomic E-state index is 0.0339. The van der Waals surface area contributed by atoms with Gasteiger partial charge in [0, 0.05) is 24.0 Å². The minimum Gasteiger partial charge on any atom is -0.474 e. The summed E-state index contributed by atoms with van der Waals surface area (Å²) in [5.41, 5.74) is 1.17. The van der Waals surface area contributed by atoms with Gasteiger partial charge < -0.3 is 10.1 Å². The number of aromatic amines is 1. The largest absolute Gasteiger partial charge is 0.474 e. The van der Waals surface area contributed by atoms with E-state index in [2.05, 4.69) is 20.5 Å². The SMILES string of the molecule is Cc1n[nH]c(C)c1C(=O)NC1CCC(Oc2ccc(C(F)(F)F)cn2)CC1. The topological polar surface area (TPSA) is 79.9 Å². The number of pyridine rings is 1. The molecule has 3 rings (SSSR count). The Morgan fingerprint density at radius 1 is 1.22 bits per heavy atom. The van der Waals surface area contributed by atoms with Crippen LogP contribution in [-0.2, 0) is 6.18 Å². The molecular formula is C18H21F3N4O2. The summed E-state index contributed by atoms with van der Waals surface area (Å²) in [6.45, 7) is 3.58. The van der Waals surface area contributed by atoms with Crippen molar-refractivity contribution in [2.75, 3.05) is 0 Å². The first-order valence-corrected chi connectivity index (χ1v) is 8.76. The van der Waals surface area contributed by atoms with Gasteiger partial charge in [-0.3, -0.25) is 9.89 Å². The normalized spacial score (nSPS) is 20.3. The van der Waals surface area contributed by atoms with Gasteiger partial charge in [0.15, 0.2) is 0 Å². The standard InChI is InChI=1S/C18H21F3N4O2/c1-10-16(11(2)25-24-10)17(26)23-13-4-6-14(7-5-13)27-15-8-3-12(9-22-15)18(19,20)21/h3,8-9,13-14H,4-7H2,1-2H3,(H,23,26)(H,24,25). The van der Waals surface area contributed by atoms with Gasteiger partial charge in [-0.1, -0.05) is 0 Å². The zero-order chi connectivity index (χ0) is 19.6. The number of carbonyl (C=O) groups excluding carboxylic acids is 1. The Morgan fingerprint density at radius 2 is 1.93 bits per heavy atom. The summed E-state index contributed by atoms with van der Waals surface area (Å²) in [5, 5.41) is 9.84. The molecular weight excluding hydrogens is 361 g/mol. The third kappa shape index (κ3) is 4.58. The second-order valence-corrected chi connectivity index (χ2v) is 6.76. The molecule has 2 N–H and O–H groups in total. The lowest BCUT2D eigenvalue weighted by atomic mass is 9.92. The van der Waals surface area contributed by atoms with E-state index in [1.54, 1.807) is 13.8 Å². The molecule has 0 spiro atoms. The van der Waals surface area contributed by atoms with Gasteiger partial charge in [0.25, 0.3) is 5.91 Å². The van der Waals surface area contributed by atoms with Crippen LogP contribution in [0.2, 0.25) is 0 Å². The van der Waals surface area contributed by atoms with Crippen LogP contribution < -0.4 is 10.1 Å². The molecule has 1 fully saturated rings. The highest BCUT2D eigenvalue weighted by Gasteiger charge is 2.31. The molecule has 0 aromatic carbocycles. The summed E-state index contributed by atoms with van der Waals surface area (Å²) in [5.74, 6) is 0.0349. The monoisotopic (exact) mass is 382 g/mol. The van der Waals surface area contributed by atoms with Gasteiger partial charge in [0.05, 0.1) is 16.8 Å². The van der Waals surface area contributed by atoms with Gasteiger partial charge in [-0.25, -0.2) is 4.98 Å². The van der Waals surface area contributed by atoms with Crippen LogP contribution in [-0.4, -0.2) is 33.2 Å². The van der Waals surface area contributed by atoms with Crippen molar-refractivity contribution in [1.29, 1.82) is 0 Å². The molecule has 6 nitrogen and oxygen atoms in total. The van der Waals surface area contributed by atoms with E-state index >= 15 is 0 Å². The molecule has 0 bridgehead atoms. The van der Waals surface area contributed by atoms with Crippen molar-refractivity contribution in [3.8, 4) is 5.88 Å². The molecule has 0 unspecified atom stereocenters. The van der Waals surface area contributed by atoms with Gasteiger partial charge in [0.1, 0.15) is 6.10 Å². The van der Waals surface area contributed by atoms with Crippen molar-refractivity contribution in [3.63, 3.8) is 0 Å². The maximum atomic E-state index is 12.6. The number of hydrogen-bond acceptors (Lipinski definition) is 4. The average Bonchev–Trinajstić information content (AvgIpc) is 2.95. The van der Waals surface area contributed by atoms with E-state index in [0.29, 0.717) is 24.1 Å². The molecule has 2 aromatic rings. The van der Waals surface area contributed by atoms with E-state index < -0.39 is 11.7 Å². The summed E-state index contributed by atoms with van der Waals surface area (Å²) in [6, 6.07) is 2.23. The lowest BCUT2D eigenvalue weighted by Gasteiger charge is -2.29. The van der Waals surface area contributed by atoms with Crippen LogP contribution >= 0.6 is 0 Å². The second-order valence-electron chi connectivity index (χ2n) is 6.76. The fraction of sp³-hybridized carbons (Fsp3) is 0.500. The van der Waals surface area contributed by atoms with E-state index in [-0.39, 0.29) is 23.9 Å². The van der Waals surface area contributed by atoms with Gasteiger partial charge >= 0.3 is 6.18 Å². The number of nitrogens with one attached hydrogen (secondary N) is 2. The number of amides is 1. The molecule has 0 atom stereocenters. The maximum Gasteiger partial charge on any atom is 0.417 e. The van der Waals surface area contributed by atoms with Crippen LogP contribution in [0.15, 0.2) is 18.3 Å². The first-order valence-electron chi connectivity index (χ1n) is 8.76. The molecule has 2 aromatic heterocycles. The predicted octanol–water partition coefficient (Wildman–Crippen LogP) is 3.56. The van der Waals surface area contributed by atoms with Crippen LogP contribution in [0.1, 0.15) is 53.0 Å². The van der Waals surface area contributed by atoms with E-state index in [1.807, 2.05) is 0 Å². The first kappa shape index (κ1) is 19.2. The Bertz CT molecular complexity index is 774. The van der Waals surface area contributed by atoms with Crippen molar-refractivity contribution in [1.82, 2.24) is 20.5 Å². The number of ether oxygens (including phenoxy) is 1. The number of alkyl halides is 3. The van der Waals surface area contributed by atoms with Crippen molar-refractivity contribution in [3.05, 3.63) is 40.8 Å². The van der Waals surface area contributed by atoms with Crippen LogP contribution in [0, 0.1) is 13.8 Å². The quantitative estimate of drug-likeness (QED) is 0.847. The molecule has 9 heteroatoms. The van der Waals surface area contributed by atoms with Crippen molar-refractivity contribution in [2.24, 2.45) is 0 Å². The Morgan fingerprint density at radius 3 is 2.44 bits per heavy atom. The maximum absolute atomic E-state index is 12.6. The van der Waals surface area contributed by atoms with Crippen molar-refractivity contribution in [2.45, 2.75) is 57.9 Å². The third-order valence-electron chi connectivity index (χ3n) is 4.72. The molecule has 0 radical (unpaired) electrons. The lowest BCUT2D eigenvalue weighted by molar-refractivity contribution is -0.137. The number of nitrogens with zero attached hydrogens (tertiary/aromatic N) is 2. The zero-order valence-corrected chi connectivity index (χ0v) is 15.1. The van der Waals surface area contributed by atoms with Crippen LogP contribution in [0.3, 0.4) is 0 Å². The number of rotatable bonds is 4. The van der Waals surface area contributed by atoms with E-state index in [0.717, 1.165) is 30.8 Å². The summed E-state index contributed by atoms with van der Waals surface area (Å²) in [4.78, 5) is 16.1. The summed E-state index contributed by atoms with van der Waals surface area (Å²) < 4.78 is 43.3. The molecule has 1 aliphatic rings. The lowest BCUT2D eigenvalue weighted by Crippen LogP contribution is -2.40. The number of aromatic nitrogens is 3. The fourth-order valence-corrected chi connectivity index (χ4v) is 3.26. The summed E-state index contributed by atoms with van der Waals surface area (Å²) >= 11 is 0. The molecule has 27 heavy (non-hydrogen) atoms. The third-order valence-corrected chi connectivity index (χ3v) is 4.72. The fourth-order valence-electron chi connectivity index (χ4n) is 3.26. The van der Waals surface area contributed by atoms with Gasteiger partial charge in [-0.15, -0.1) is 0 Å². The molecule has 1 aliphatic carbocycles. The molecule has 1 saturated carbocycles. The molecule has 1 amide bonds. The summed E-state index contributed by atoms with van der Waals surface area (Å²) in [7, 11) is 0. The molecule has 2 heterocycles. The van der Waals surface area contributed by atoms with Gasteiger partial charge in [-0.05, 0) is 45.6 Å². The van der Waals surface area contributed by atoms with Crippen molar-refractivity contribution >= 4 is 5.91 Å². The highest BCUT2D eigenvalue weighted by molar-refractivity contribution is 5.96. The molecule has 0 saturated heterocycles. The van der Waals surface area contributed by atoms with Crippen LogP contribution in [0.25, 0.3) is 0 Å². The highest BCUT2D eigenvalue weighted by Crippen LogP contribution is 2.30. The van der Waals surface area contributed by atoms with Crippen LogP contribution in [0.5, 0.6) is 5.88 Å². The molecule has 0 aliphatic heterocycles. The van der Waals surface area contributed by atoms with Gasteiger partial charge in [0.2, 0.25) is 5.88 Å². The van der Waals surface area contributed by atoms with Gasteiger partial charge in [-0.2, -0.15) is 18.3 Å². The smallest absolute Gasteiger partial charge is 0.417 e. The Labute approximate surface area is 154 Å². The Kier molecular flexibility index (Phi) is 5.38. The first-order chi connectivity index (χ1) is 12.7.